The van der Waals surface area contributed by atoms with E-state index in [1.54, 1.807) is 30.1 Å². The number of nitrogens with one attached hydrogen (secondary N) is 1. The summed E-state index contributed by atoms with van der Waals surface area (Å²) in [6.07, 6.45) is 0. The van der Waals surface area contributed by atoms with Crippen LogP contribution in [0.2, 0.25) is 0 Å². The van der Waals surface area contributed by atoms with Gasteiger partial charge >= 0.3 is 0 Å². The van der Waals surface area contributed by atoms with Crippen LogP contribution in [0.25, 0.3) is 0 Å². The molecule has 0 saturated heterocycles. The Kier molecular flexibility index (Phi) is 5.28. The van der Waals surface area contributed by atoms with Crippen LogP contribution in [-0.2, 0) is 4.79 Å². The lowest BCUT2D eigenvalue weighted by atomic mass is 10.1. The molecule has 0 spiro atoms. The van der Waals surface area contributed by atoms with Gasteiger partial charge in [0.25, 0.3) is 0 Å². The molecule has 0 fully saturated rings. The van der Waals surface area contributed by atoms with Gasteiger partial charge in [-0.3, -0.25) is 9.69 Å². The van der Waals surface area contributed by atoms with Gasteiger partial charge in [-0.25, -0.2) is 4.39 Å². The number of carbonyl (C=O) groups is 1. The zero-order chi connectivity index (χ0) is 13.5. The molecule has 0 unspecified atom stereocenters. The Labute approximate surface area is 106 Å². The van der Waals surface area contributed by atoms with E-state index in [4.69, 9.17) is 5.26 Å². The lowest BCUT2D eigenvalue weighted by Crippen LogP contribution is -2.36. The Morgan fingerprint density at radius 2 is 2.22 bits per heavy atom. The first kappa shape index (κ1) is 14.1. The standard InChI is InChI=1S/C13H16FN3O/c1-10(11-5-3-4-6-12(11)14)17(2)9-13(18)16-8-7-15/h3-6,10H,8-9H2,1-2H3,(H,16,18)/t10-/m0/s1. The molecule has 0 heterocycles. The lowest BCUT2D eigenvalue weighted by molar-refractivity contribution is -0.122. The van der Waals surface area contributed by atoms with Gasteiger partial charge in [0.05, 0.1) is 12.6 Å². The first-order valence-electron chi connectivity index (χ1n) is 5.64. The Balaban J connectivity index is 2.62. The number of hydrogen-bond donors (Lipinski definition) is 1. The molecule has 1 N–H and O–H groups in total. The summed E-state index contributed by atoms with van der Waals surface area (Å²) in [4.78, 5) is 13.2. The maximum absolute atomic E-state index is 13.6. The first-order valence-corrected chi connectivity index (χ1v) is 5.64. The van der Waals surface area contributed by atoms with Gasteiger partial charge in [-0.05, 0) is 20.0 Å². The van der Waals surface area contributed by atoms with Crippen LogP contribution >= 0.6 is 0 Å². The van der Waals surface area contributed by atoms with Crippen molar-refractivity contribution < 1.29 is 9.18 Å². The number of amides is 1. The number of carbonyl (C=O) groups excluding carboxylic acids is 1. The summed E-state index contributed by atoms with van der Waals surface area (Å²) in [5.41, 5.74) is 0.549. The molecule has 0 aliphatic heterocycles. The van der Waals surface area contributed by atoms with E-state index in [0.717, 1.165) is 0 Å². The molecule has 0 saturated carbocycles. The molecule has 96 valence electrons. The largest absolute Gasteiger partial charge is 0.342 e. The first-order chi connectivity index (χ1) is 8.56. The smallest absolute Gasteiger partial charge is 0.235 e. The summed E-state index contributed by atoms with van der Waals surface area (Å²) in [5, 5.41) is 10.8. The SMILES string of the molecule is C[C@@H](c1ccccc1F)N(C)CC(=O)NCC#N. The highest BCUT2D eigenvalue weighted by atomic mass is 19.1. The van der Waals surface area contributed by atoms with Gasteiger partial charge in [-0.15, -0.1) is 0 Å². The molecule has 1 atom stereocenters. The highest BCUT2D eigenvalue weighted by Crippen LogP contribution is 2.20. The molecule has 1 aromatic carbocycles. The molecule has 1 aromatic rings. The second-order valence-electron chi connectivity index (χ2n) is 4.05. The van der Waals surface area contributed by atoms with Crippen LogP contribution in [0.15, 0.2) is 24.3 Å². The van der Waals surface area contributed by atoms with Crippen LogP contribution in [0.4, 0.5) is 4.39 Å². The van der Waals surface area contributed by atoms with Crippen LogP contribution in [0.5, 0.6) is 0 Å². The third-order valence-electron chi connectivity index (χ3n) is 2.77. The van der Waals surface area contributed by atoms with Crippen molar-refractivity contribution in [3.8, 4) is 6.07 Å². The number of nitriles is 1. The quantitative estimate of drug-likeness (QED) is 0.804. The molecule has 0 aromatic heterocycles. The molecule has 1 amide bonds. The number of rotatable bonds is 5. The lowest BCUT2D eigenvalue weighted by Gasteiger charge is -2.24. The molecular weight excluding hydrogens is 233 g/mol. The van der Waals surface area contributed by atoms with Crippen molar-refractivity contribution >= 4 is 5.91 Å². The maximum atomic E-state index is 13.6. The van der Waals surface area contributed by atoms with Crippen molar-refractivity contribution in [3.05, 3.63) is 35.6 Å². The van der Waals surface area contributed by atoms with Gasteiger partial charge < -0.3 is 5.32 Å². The van der Waals surface area contributed by atoms with Crippen LogP contribution < -0.4 is 5.32 Å². The molecule has 1 rings (SSSR count). The Hall–Kier alpha value is -1.93. The number of halogens is 1. The van der Waals surface area contributed by atoms with E-state index >= 15 is 0 Å². The van der Waals surface area contributed by atoms with Gasteiger partial charge in [0, 0.05) is 11.6 Å². The molecular formula is C13H16FN3O. The van der Waals surface area contributed by atoms with Crippen LogP contribution in [-0.4, -0.2) is 30.9 Å². The van der Waals surface area contributed by atoms with E-state index in [1.165, 1.54) is 6.07 Å². The van der Waals surface area contributed by atoms with E-state index in [9.17, 15) is 9.18 Å². The minimum absolute atomic E-state index is 0.0131. The Morgan fingerprint density at radius 3 is 2.83 bits per heavy atom. The summed E-state index contributed by atoms with van der Waals surface area (Å²) in [6, 6.07) is 8.11. The summed E-state index contributed by atoms with van der Waals surface area (Å²) < 4.78 is 13.6. The Morgan fingerprint density at radius 1 is 1.56 bits per heavy atom. The molecule has 0 aliphatic carbocycles. The normalized spacial score (nSPS) is 11.9. The Bertz CT molecular complexity index is 456. The fourth-order valence-electron chi connectivity index (χ4n) is 1.61. The molecule has 0 radical (unpaired) electrons. The predicted octanol–water partition coefficient (Wildman–Crippen LogP) is 1.46. The van der Waals surface area contributed by atoms with E-state index in [0.29, 0.717) is 5.56 Å². The fraction of sp³-hybridized carbons (Fsp3) is 0.385. The van der Waals surface area contributed by atoms with Gasteiger partial charge in [0.1, 0.15) is 12.4 Å². The van der Waals surface area contributed by atoms with Crippen LogP contribution in [0, 0.1) is 17.1 Å². The number of benzene rings is 1. The van der Waals surface area contributed by atoms with Crippen LogP contribution in [0.3, 0.4) is 0 Å². The van der Waals surface area contributed by atoms with E-state index < -0.39 is 0 Å². The van der Waals surface area contributed by atoms with Crippen molar-refractivity contribution in [2.45, 2.75) is 13.0 Å². The minimum Gasteiger partial charge on any atom is -0.342 e. The van der Waals surface area contributed by atoms with Gasteiger partial charge in [-0.1, -0.05) is 18.2 Å². The number of likely N-dealkylation sites (N-methyl/N-ethyl adjacent to an activating group) is 1. The number of hydrogen-bond acceptors (Lipinski definition) is 3. The third-order valence-corrected chi connectivity index (χ3v) is 2.77. The van der Waals surface area contributed by atoms with Gasteiger partial charge in [0.15, 0.2) is 0 Å². The van der Waals surface area contributed by atoms with Crippen LogP contribution in [0.1, 0.15) is 18.5 Å². The molecule has 0 aliphatic rings. The fourth-order valence-corrected chi connectivity index (χ4v) is 1.61. The van der Waals surface area contributed by atoms with Crippen molar-refractivity contribution in [2.24, 2.45) is 0 Å². The maximum Gasteiger partial charge on any atom is 0.235 e. The summed E-state index contributed by atoms with van der Waals surface area (Å²) >= 11 is 0. The second-order valence-corrected chi connectivity index (χ2v) is 4.05. The van der Waals surface area contributed by atoms with Crippen molar-refractivity contribution in [2.75, 3.05) is 20.1 Å². The van der Waals surface area contributed by atoms with Crippen molar-refractivity contribution in [1.29, 1.82) is 5.26 Å². The van der Waals surface area contributed by atoms with E-state index in [2.05, 4.69) is 5.32 Å². The summed E-state index contributed by atoms with van der Waals surface area (Å²) in [6.45, 7) is 1.94. The molecule has 5 heteroatoms. The zero-order valence-electron chi connectivity index (χ0n) is 10.5. The van der Waals surface area contributed by atoms with E-state index in [-0.39, 0.29) is 30.9 Å². The van der Waals surface area contributed by atoms with E-state index in [1.807, 2.05) is 13.0 Å². The van der Waals surface area contributed by atoms with Gasteiger partial charge in [-0.2, -0.15) is 5.26 Å². The zero-order valence-corrected chi connectivity index (χ0v) is 10.5. The molecule has 0 bridgehead atoms. The second kappa shape index (κ2) is 6.72. The molecule has 18 heavy (non-hydrogen) atoms. The average molecular weight is 249 g/mol. The van der Waals surface area contributed by atoms with Crippen molar-refractivity contribution in [1.82, 2.24) is 10.2 Å². The molecule has 4 nitrogen and oxygen atoms in total. The summed E-state index contributed by atoms with van der Waals surface area (Å²) in [7, 11) is 1.74. The topological polar surface area (TPSA) is 56.1 Å². The minimum atomic E-state index is -0.283. The monoisotopic (exact) mass is 249 g/mol. The van der Waals surface area contributed by atoms with Gasteiger partial charge in [0.2, 0.25) is 5.91 Å². The van der Waals surface area contributed by atoms with Crippen molar-refractivity contribution in [3.63, 3.8) is 0 Å². The highest BCUT2D eigenvalue weighted by molar-refractivity contribution is 5.78. The average Bonchev–Trinajstić information content (AvgIpc) is 2.36. The summed E-state index contributed by atoms with van der Waals surface area (Å²) in [5.74, 6) is -0.531. The highest BCUT2D eigenvalue weighted by Gasteiger charge is 2.17. The third kappa shape index (κ3) is 3.82. The predicted molar refractivity (Wildman–Crippen MR) is 66.1 cm³/mol. The number of nitrogens with zero attached hydrogens (tertiary/aromatic N) is 2.